The van der Waals surface area contributed by atoms with E-state index < -0.39 is 5.60 Å². The Labute approximate surface area is 132 Å². The second kappa shape index (κ2) is 7.25. The van der Waals surface area contributed by atoms with E-state index in [1.165, 1.54) is 0 Å². The SMILES string of the molecule is CC(C)(O)CCc1ccc(C(=O)N[C@H]2CCC[C@H]2CO)cc1. The first kappa shape index (κ1) is 17.0. The van der Waals surface area contributed by atoms with Gasteiger partial charge in [-0.3, -0.25) is 4.79 Å². The van der Waals surface area contributed by atoms with Gasteiger partial charge in [-0.1, -0.05) is 18.6 Å². The van der Waals surface area contributed by atoms with Crippen LogP contribution >= 0.6 is 0 Å². The van der Waals surface area contributed by atoms with Crippen molar-refractivity contribution in [3.63, 3.8) is 0 Å². The Balaban J connectivity index is 1.91. The molecule has 2 rings (SSSR count). The molecular weight excluding hydrogens is 278 g/mol. The van der Waals surface area contributed by atoms with Gasteiger partial charge in [0.25, 0.3) is 5.91 Å². The molecule has 0 heterocycles. The van der Waals surface area contributed by atoms with Crippen LogP contribution in [0.25, 0.3) is 0 Å². The smallest absolute Gasteiger partial charge is 0.251 e. The second-order valence-electron chi connectivity index (χ2n) is 6.96. The molecule has 1 aliphatic rings. The Morgan fingerprint density at radius 1 is 1.27 bits per heavy atom. The van der Waals surface area contributed by atoms with Gasteiger partial charge in [0.15, 0.2) is 0 Å². The number of amides is 1. The molecule has 122 valence electrons. The molecule has 0 saturated heterocycles. The molecule has 0 aromatic heterocycles. The third kappa shape index (κ3) is 4.82. The highest BCUT2D eigenvalue weighted by Gasteiger charge is 2.28. The van der Waals surface area contributed by atoms with Gasteiger partial charge in [-0.15, -0.1) is 0 Å². The van der Waals surface area contributed by atoms with E-state index >= 15 is 0 Å². The number of benzene rings is 1. The normalized spacial score (nSPS) is 21.8. The monoisotopic (exact) mass is 305 g/mol. The maximum absolute atomic E-state index is 12.3. The van der Waals surface area contributed by atoms with Gasteiger partial charge in [0.1, 0.15) is 0 Å². The molecule has 1 amide bonds. The van der Waals surface area contributed by atoms with Gasteiger partial charge in [0.05, 0.1) is 5.60 Å². The first-order chi connectivity index (χ1) is 10.4. The van der Waals surface area contributed by atoms with Gasteiger partial charge in [-0.25, -0.2) is 0 Å². The van der Waals surface area contributed by atoms with Gasteiger partial charge < -0.3 is 15.5 Å². The van der Waals surface area contributed by atoms with Crippen molar-refractivity contribution < 1.29 is 15.0 Å². The molecule has 22 heavy (non-hydrogen) atoms. The average Bonchev–Trinajstić information content (AvgIpc) is 2.92. The predicted octanol–water partition coefficient (Wildman–Crippen LogP) is 2.28. The van der Waals surface area contributed by atoms with Crippen LogP contribution < -0.4 is 5.32 Å². The zero-order chi connectivity index (χ0) is 16.2. The minimum atomic E-state index is -0.669. The lowest BCUT2D eigenvalue weighted by molar-refractivity contribution is 0.0713. The maximum atomic E-state index is 12.3. The summed E-state index contributed by atoms with van der Waals surface area (Å²) < 4.78 is 0. The number of carbonyl (C=O) groups excluding carboxylic acids is 1. The largest absolute Gasteiger partial charge is 0.396 e. The van der Waals surface area contributed by atoms with Crippen LogP contribution in [-0.2, 0) is 6.42 Å². The van der Waals surface area contributed by atoms with E-state index in [0.29, 0.717) is 12.0 Å². The fraction of sp³-hybridized carbons (Fsp3) is 0.611. The third-order valence-corrected chi connectivity index (χ3v) is 4.45. The topological polar surface area (TPSA) is 69.6 Å². The molecule has 0 aliphatic heterocycles. The summed E-state index contributed by atoms with van der Waals surface area (Å²) in [6.45, 7) is 3.74. The van der Waals surface area contributed by atoms with E-state index in [4.69, 9.17) is 0 Å². The molecule has 4 nitrogen and oxygen atoms in total. The summed E-state index contributed by atoms with van der Waals surface area (Å²) in [4.78, 5) is 12.3. The number of rotatable bonds is 6. The molecule has 4 heteroatoms. The van der Waals surface area contributed by atoms with Crippen LogP contribution in [0.2, 0.25) is 0 Å². The van der Waals surface area contributed by atoms with Crippen LogP contribution in [0.1, 0.15) is 55.5 Å². The summed E-state index contributed by atoms with van der Waals surface area (Å²) in [6.07, 6.45) is 4.48. The number of hydrogen-bond donors (Lipinski definition) is 3. The van der Waals surface area contributed by atoms with Crippen molar-refractivity contribution in [2.45, 2.75) is 57.6 Å². The Bertz CT molecular complexity index is 490. The number of nitrogens with one attached hydrogen (secondary N) is 1. The minimum Gasteiger partial charge on any atom is -0.396 e. The van der Waals surface area contributed by atoms with E-state index in [-0.39, 0.29) is 24.5 Å². The standard InChI is InChI=1S/C18H27NO3/c1-18(2,22)11-10-13-6-8-14(9-7-13)17(21)19-16-5-3-4-15(16)12-20/h6-9,15-16,20,22H,3-5,10-12H2,1-2H3,(H,19,21)/t15-,16-/m0/s1. The lowest BCUT2D eigenvalue weighted by atomic mass is 9.98. The lowest BCUT2D eigenvalue weighted by Crippen LogP contribution is -2.38. The number of carbonyl (C=O) groups is 1. The number of aliphatic hydroxyl groups is 2. The quantitative estimate of drug-likeness (QED) is 0.755. The maximum Gasteiger partial charge on any atom is 0.251 e. The van der Waals surface area contributed by atoms with Crippen LogP contribution in [0, 0.1) is 5.92 Å². The average molecular weight is 305 g/mol. The molecule has 1 aromatic carbocycles. The Morgan fingerprint density at radius 2 is 1.95 bits per heavy atom. The highest BCUT2D eigenvalue weighted by Crippen LogP contribution is 2.25. The van der Waals surface area contributed by atoms with Crippen molar-refractivity contribution in [2.24, 2.45) is 5.92 Å². The summed E-state index contributed by atoms with van der Waals surface area (Å²) in [5.41, 5.74) is 1.10. The highest BCUT2D eigenvalue weighted by molar-refractivity contribution is 5.94. The van der Waals surface area contributed by atoms with E-state index in [9.17, 15) is 15.0 Å². The van der Waals surface area contributed by atoms with Gasteiger partial charge in [0, 0.05) is 24.1 Å². The van der Waals surface area contributed by atoms with Crippen LogP contribution in [-0.4, -0.2) is 34.4 Å². The Hall–Kier alpha value is -1.39. The van der Waals surface area contributed by atoms with E-state index in [1.54, 1.807) is 13.8 Å². The minimum absolute atomic E-state index is 0.0700. The Morgan fingerprint density at radius 3 is 2.55 bits per heavy atom. The zero-order valence-corrected chi connectivity index (χ0v) is 13.5. The number of aliphatic hydroxyl groups excluding tert-OH is 1. The fourth-order valence-electron chi connectivity index (χ4n) is 2.97. The molecule has 3 N–H and O–H groups in total. The van der Waals surface area contributed by atoms with Crippen LogP contribution in [0.15, 0.2) is 24.3 Å². The van der Waals surface area contributed by atoms with Crippen molar-refractivity contribution in [3.05, 3.63) is 35.4 Å². The fourth-order valence-corrected chi connectivity index (χ4v) is 2.97. The summed E-state index contributed by atoms with van der Waals surface area (Å²) in [5.74, 6) is 0.120. The van der Waals surface area contributed by atoms with Crippen LogP contribution in [0.4, 0.5) is 0 Å². The van der Waals surface area contributed by atoms with Crippen LogP contribution in [0.5, 0.6) is 0 Å². The lowest BCUT2D eigenvalue weighted by Gasteiger charge is -2.19. The van der Waals surface area contributed by atoms with Gasteiger partial charge in [-0.05, 0) is 57.2 Å². The molecule has 0 radical (unpaired) electrons. The van der Waals surface area contributed by atoms with Crippen molar-refractivity contribution in [3.8, 4) is 0 Å². The molecule has 0 unspecified atom stereocenters. The van der Waals surface area contributed by atoms with Crippen LogP contribution in [0.3, 0.4) is 0 Å². The molecule has 1 aromatic rings. The van der Waals surface area contributed by atoms with Crippen molar-refractivity contribution >= 4 is 5.91 Å². The Kier molecular flexibility index (Phi) is 5.59. The first-order valence-electron chi connectivity index (χ1n) is 8.12. The first-order valence-corrected chi connectivity index (χ1v) is 8.12. The second-order valence-corrected chi connectivity index (χ2v) is 6.96. The van der Waals surface area contributed by atoms with Gasteiger partial charge >= 0.3 is 0 Å². The van der Waals surface area contributed by atoms with E-state index in [2.05, 4.69) is 5.32 Å². The summed E-state index contributed by atoms with van der Waals surface area (Å²) >= 11 is 0. The highest BCUT2D eigenvalue weighted by atomic mass is 16.3. The van der Waals surface area contributed by atoms with E-state index in [1.807, 2.05) is 24.3 Å². The third-order valence-electron chi connectivity index (χ3n) is 4.45. The molecule has 1 aliphatic carbocycles. The molecule has 0 bridgehead atoms. The number of hydrogen-bond acceptors (Lipinski definition) is 3. The molecule has 1 saturated carbocycles. The van der Waals surface area contributed by atoms with Crippen molar-refractivity contribution in [1.29, 1.82) is 0 Å². The van der Waals surface area contributed by atoms with E-state index in [0.717, 1.165) is 31.2 Å². The van der Waals surface area contributed by atoms with Gasteiger partial charge in [-0.2, -0.15) is 0 Å². The summed E-state index contributed by atoms with van der Waals surface area (Å²) in [6, 6.07) is 7.64. The molecule has 2 atom stereocenters. The molecule has 1 fully saturated rings. The molecule has 0 spiro atoms. The number of aryl methyl sites for hydroxylation is 1. The summed E-state index contributed by atoms with van der Waals surface area (Å²) in [7, 11) is 0. The van der Waals surface area contributed by atoms with Gasteiger partial charge in [0.2, 0.25) is 0 Å². The van der Waals surface area contributed by atoms with Crippen molar-refractivity contribution in [2.75, 3.05) is 6.61 Å². The predicted molar refractivity (Wildman–Crippen MR) is 86.7 cm³/mol. The van der Waals surface area contributed by atoms with Crippen molar-refractivity contribution in [1.82, 2.24) is 5.32 Å². The molecular formula is C18H27NO3. The summed E-state index contributed by atoms with van der Waals surface area (Å²) in [5, 5.41) is 22.1. The zero-order valence-electron chi connectivity index (χ0n) is 13.5.